The fourth-order valence-corrected chi connectivity index (χ4v) is 3.96. The van der Waals surface area contributed by atoms with Gasteiger partial charge < -0.3 is 14.8 Å². The molecule has 122 valence electrons. The number of halogens is 1. The third kappa shape index (κ3) is 4.05. The van der Waals surface area contributed by atoms with Crippen molar-refractivity contribution in [2.24, 2.45) is 0 Å². The summed E-state index contributed by atoms with van der Waals surface area (Å²) in [5.74, 6) is 0.617. The van der Waals surface area contributed by atoms with Gasteiger partial charge in [-0.2, -0.15) is 0 Å². The van der Waals surface area contributed by atoms with Crippen LogP contribution in [-0.4, -0.2) is 32.9 Å². The zero-order valence-corrected chi connectivity index (χ0v) is 13.8. The molecule has 1 heterocycles. The molecule has 3 rings (SSSR count). The SMILES string of the molecule is COc1ccccc1S[C@@H](c1ccc(F)cc1)[C@@H]1CNCCO1. The Kier molecular flexibility index (Phi) is 5.54. The summed E-state index contributed by atoms with van der Waals surface area (Å²) in [5, 5.41) is 3.44. The molecule has 0 radical (unpaired) electrons. The molecule has 1 N–H and O–H groups in total. The highest BCUT2D eigenvalue weighted by molar-refractivity contribution is 7.99. The van der Waals surface area contributed by atoms with Gasteiger partial charge >= 0.3 is 0 Å². The van der Waals surface area contributed by atoms with E-state index in [1.165, 1.54) is 12.1 Å². The van der Waals surface area contributed by atoms with E-state index in [9.17, 15) is 4.39 Å². The van der Waals surface area contributed by atoms with Crippen molar-refractivity contribution < 1.29 is 13.9 Å². The Morgan fingerprint density at radius 2 is 2.00 bits per heavy atom. The molecule has 0 amide bonds. The number of para-hydroxylation sites is 1. The predicted molar refractivity (Wildman–Crippen MR) is 90.6 cm³/mol. The zero-order chi connectivity index (χ0) is 16.1. The second-order valence-corrected chi connectivity index (χ2v) is 6.54. The number of nitrogens with one attached hydrogen (secondary N) is 1. The first kappa shape index (κ1) is 16.3. The third-order valence-electron chi connectivity index (χ3n) is 3.82. The van der Waals surface area contributed by atoms with Crippen molar-refractivity contribution in [3.63, 3.8) is 0 Å². The quantitative estimate of drug-likeness (QED) is 0.846. The molecule has 23 heavy (non-hydrogen) atoms. The molecule has 1 fully saturated rings. The van der Waals surface area contributed by atoms with Gasteiger partial charge in [0, 0.05) is 13.1 Å². The smallest absolute Gasteiger partial charge is 0.132 e. The molecule has 2 aromatic carbocycles. The lowest BCUT2D eigenvalue weighted by Crippen LogP contribution is -2.41. The molecule has 0 aromatic heterocycles. The van der Waals surface area contributed by atoms with Gasteiger partial charge in [-0.3, -0.25) is 0 Å². The Bertz CT molecular complexity index is 629. The molecule has 1 aliphatic rings. The minimum absolute atomic E-state index is 0.0316. The summed E-state index contributed by atoms with van der Waals surface area (Å²) in [5.41, 5.74) is 1.05. The molecule has 5 heteroatoms. The van der Waals surface area contributed by atoms with E-state index in [0.29, 0.717) is 6.61 Å². The number of rotatable bonds is 5. The van der Waals surface area contributed by atoms with Gasteiger partial charge in [0.05, 0.1) is 30.0 Å². The Morgan fingerprint density at radius 3 is 2.70 bits per heavy atom. The second-order valence-electron chi connectivity index (χ2n) is 5.35. The number of ether oxygens (including phenoxy) is 2. The van der Waals surface area contributed by atoms with E-state index in [-0.39, 0.29) is 17.2 Å². The number of methoxy groups -OCH3 is 1. The van der Waals surface area contributed by atoms with E-state index >= 15 is 0 Å². The summed E-state index contributed by atoms with van der Waals surface area (Å²) in [6, 6.07) is 14.6. The van der Waals surface area contributed by atoms with E-state index < -0.39 is 0 Å². The van der Waals surface area contributed by atoms with Gasteiger partial charge in [0.15, 0.2) is 0 Å². The van der Waals surface area contributed by atoms with Crippen LogP contribution in [0.25, 0.3) is 0 Å². The first-order valence-electron chi connectivity index (χ1n) is 7.65. The van der Waals surface area contributed by atoms with Gasteiger partial charge in [-0.1, -0.05) is 24.3 Å². The first-order valence-corrected chi connectivity index (χ1v) is 8.53. The van der Waals surface area contributed by atoms with Crippen molar-refractivity contribution in [2.45, 2.75) is 16.2 Å². The van der Waals surface area contributed by atoms with Crippen molar-refractivity contribution in [3.05, 3.63) is 59.9 Å². The van der Waals surface area contributed by atoms with Crippen LogP contribution >= 0.6 is 11.8 Å². The average Bonchev–Trinajstić information content (AvgIpc) is 2.61. The lowest BCUT2D eigenvalue weighted by molar-refractivity contribution is 0.0273. The number of thioether (sulfide) groups is 1. The normalized spacial score (nSPS) is 19.3. The van der Waals surface area contributed by atoms with E-state index in [0.717, 1.165) is 29.3 Å². The lowest BCUT2D eigenvalue weighted by Gasteiger charge is -2.31. The molecule has 0 saturated carbocycles. The van der Waals surface area contributed by atoms with Crippen LogP contribution in [0, 0.1) is 5.82 Å². The number of hydrogen-bond acceptors (Lipinski definition) is 4. The Hall–Kier alpha value is -1.56. The van der Waals surface area contributed by atoms with Crippen LogP contribution < -0.4 is 10.1 Å². The maximum atomic E-state index is 13.3. The van der Waals surface area contributed by atoms with Crippen LogP contribution in [0.1, 0.15) is 10.8 Å². The Morgan fingerprint density at radius 1 is 1.22 bits per heavy atom. The molecular formula is C18H20FNO2S. The topological polar surface area (TPSA) is 30.5 Å². The molecule has 1 aliphatic heterocycles. The van der Waals surface area contributed by atoms with Gasteiger partial charge in [0.2, 0.25) is 0 Å². The van der Waals surface area contributed by atoms with E-state index in [1.54, 1.807) is 18.9 Å². The van der Waals surface area contributed by atoms with Crippen LogP contribution in [-0.2, 0) is 4.74 Å². The van der Waals surface area contributed by atoms with Crippen LogP contribution in [0.4, 0.5) is 4.39 Å². The van der Waals surface area contributed by atoms with E-state index in [1.807, 2.05) is 36.4 Å². The first-order chi connectivity index (χ1) is 11.3. The van der Waals surface area contributed by atoms with Crippen LogP contribution in [0.15, 0.2) is 53.4 Å². The highest BCUT2D eigenvalue weighted by Gasteiger charge is 2.28. The fraction of sp³-hybridized carbons (Fsp3) is 0.333. The van der Waals surface area contributed by atoms with E-state index in [4.69, 9.17) is 9.47 Å². The summed E-state index contributed by atoms with van der Waals surface area (Å²) in [7, 11) is 1.67. The van der Waals surface area contributed by atoms with Crippen molar-refractivity contribution >= 4 is 11.8 Å². The highest BCUT2D eigenvalue weighted by Crippen LogP contribution is 2.42. The van der Waals surface area contributed by atoms with Crippen LogP contribution in [0.2, 0.25) is 0 Å². The highest BCUT2D eigenvalue weighted by atomic mass is 32.2. The van der Waals surface area contributed by atoms with Gasteiger partial charge in [0.25, 0.3) is 0 Å². The molecular weight excluding hydrogens is 313 g/mol. The number of hydrogen-bond donors (Lipinski definition) is 1. The van der Waals surface area contributed by atoms with Gasteiger partial charge in [-0.15, -0.1) is 11.8 Å². The average molecular weight is 333 g/mol. The van der Waals surface area contributed by atoms with Crippen LogP contribution in [0.3, 0.4) is 0 Å². The van der Waals surface area contributed by atoms with E-state index in [2.05, 4.69) is 5.32 Å². The number of morpholine rings is 1. The minimum Gasteiger partial charge on any atom is -0.496 e. The molecule has 0 bridgehead atoms. The summed E-state index contributed by atoms with van der Waals surface area (Å²) in [6.45, 7) is 2.34. The molecule has 2 aromatic rings. The van der Waals surface area contributed by atoms with Gasteiger partial charge in [-0.25, -0.2) is 4.39 Å². The molecule has 2 atom stereocenters. The standard InChI is InChI=1S/C18H20FNO2S/c1-21-15-4-2-3-5-17(15)23-18(16-12-20-10-11-22-16)13-6-8-14(19)9-7-13/h2-9,16,18,20H,10-12H2,1H3/t16-,18-/m0/s1. The monoisotopic (exact) mass is 333 g/mol. The summed E-state index contributed by atoms with van der Waals surface area (Å²) >= 11 is 1.69. The Labute approximate surface area is 140 Å². The lowest BCUT2D eigenvalue weighted by atomic mass is 10.1. The van der Waals surface area contributed by atoms with Crippen LogP contribution in [0.5, 0.6) is 5.75 Å². The summed E-state index contributed by atoms with van der Waals surface area (Å²) in [4.78, 5) is 1.05. The predicted octanol–water partition coefficient (Wildman–Crippen LogP) is 3.66. The third-order valence-corrected chi connectivity index (χ3v) is 5.24. The summed E-state index contributed by atoms with van der Waals surface area (Å²) < 4.78 is 24.7. The second kappa shape index (κ2) is 7.81. The van der Waals surface area contributed by atoms with Crippen molar-refractivity contribution in [1.82, 2.24) is 5.32 Å². The van der Waals surface area contributed by atoms with Crippen molar-refractivity contribution in [2.75, 3.05) is 26.8 Å². The van der Waals surface area contributed by atoms with Crippen molar-refractivity contribution in [1.29, 1.82) is 0 Å². The minimum atomic E-state index is -0.225. The molecule has 0 unspecified atom stereocenters. The molecule has 0 aliphatic carbocycles. The van der Waals surface area contributed by atoms with Gasteiger partial charge in [-0.05, 0) is 29.8 Å². The van der Waals surface area contributed by atoms with Crippen molar-refractivity contribution in [3.8, 4) is 5.75 Å². The Balaban J connectivity index is 1.89. The molecule has 0 spiro atoms. The maximum Gasteiger partial charge on any atom is 0.132 e. The molecule has 1 saturated heterocycles. The fourth-order valence-electron chi connectivity index (χ4n) is 2.64. The largest absolute Gasteiger partial charge is 0.496 e. The zero-order valence-electron chi connectivity index (χ0n) is 13.0. The van der Waals surface area contributed by atoms with Gasteiger partial charge in [0.1, 0.15) is 11.6 Å². The summed E-state index contributed by atoms with van der Waals surface area (Å²) in [6.07, 6.45) is 0.0316. The molecule has 3 nitrogen and oxygen atoms in total. The maximum absolute atomic E-state index is 13.3. The number of benzene rings is 2.